The SMILES string of the molecule is COCCNC(=O)/C(C#N)=C\Nc1ccccc1C. The summed E-state index contributed by atoms with van der Waals surface area (Å²) in [6, 6.07) is 9.49. The minimum absolute atomic E-state index is 0.0272. The first kappa shape index (κ1) is 14.7. The Labute approximate surface area is 112 Å². The predicted octanol–water partition coefficient (Wildman–Crippen LogP) is 1.58. The molecule has 2 N–H and O–H groups in total. The van der Waals surface area contributed by atoms with Crippen LogP contribution in [0, 0.1) is 18.3 Å². The minimum Gasteiger partial charge on any atom is -0.383 e. The molecule has 0 aliphatic heterocycles. The first-order chi connectivity index (χ1) is 9.19. The molecule has 19 heavy (non-hydrogen) atoms. The summed E-state index contributed by atoms with van der Waals surface area (Å²) in [5.41, 5.74) is 1.93. The second-order valence-electron chi connectivity index (χ2n) is 3.88. The van der Waals surface area contributed by atoms with Crippen LogP contribution in [0.15, 0.2) is 36.0 Å². The molecule has 5 heteroatoms. The van der Waals surface area contributed by atoms with Crippen LogP contribution < -0.4 is 10.6 Å². The topological polar surface area (TPSA) is 74.1 Å². The average molecular weight is 259 g/mol. The van der Waals surface area contributed by atoms with Gasteiger partial charge in [-0.25, -0.2) is 0 Å². The molecule has 0 saturated heterocycles. The number of amides is 1. The lowest BCUT2D eigenvalue weighted by atomic mass is 10.2. The number of methoxy groups -OCH3 is 1. The molecule has 5 nitrogen and oxygen atoms in total. The number of anilines is 1. The van der Waals surface area contributed by atoms with Crippen molar-refractivity contribution in [2.24, 2.45) is 0 Å². The maximum Gasteiger partial charge on any atom is 0.263 e. The number of benzene rings is 1. The van der Waals surface area contributed by atoms with Crippen LogP contribution in [-0.2, 0) is 9.53 Å². The van der Waals surface area contributed by atoms with Gasteiger partial charge in [-0.1, -0.05) is 18.2 Å². The van der Waals surface area contributed by atoms with Crippen molar-refractivity contribution in [1.29, 1.82) is 5.26 Å². The Bertz CT molecular complexity index is 504. The highest BCUT2D eigenvalue weighted by molar-refractivity contribution is 5.97. The maximum atomic E-state index is 11.7. The van der Waals surface area contributed by atoms with E-state index >= 15 is 0 Å². The van der Waals surface area contributed by atoms with E-state index in [0.717, 1.165) is 11.3 Å². The van der Waals surface area contributed by atoms with Crippen LogP contribution >= 0.6 is 0 Å². The van der Waals surface area contributed by atoms with Crippen LogP contribution in [0.2, 0.25) is 0 Å². The molecule has 0 bridgehead atoms. The molecule has 1 rings (SSSR count). The standard InChI is InChI=1S/C14H17N3O2/c1-11-5-3-4-6-13(11)17-10-12(9-15)14(18)16-7-8-19-2/h3-6,10,17H,7-8H2,1-2H3,(H,16,18)/b12-10-. The molecular weight excluding hydrogens is 242 g/mol. The number of rotatable bonds is 6. The number of nitriles is 1. The largest absolute Gasteiger partial charge is 0.383 e. The lowest BCUT2D eigenvalue weighted by Crippen LogP contribution is -2.28. The zero-order valence-corrected chi connectivity index (χ0v) is 11.1. The van der Waals surface area contributed by atoms with E-state index in [1.54, 1.807) is 7.11 Å². The van der Waals surface area contributed by atoms with Gasteiger partial charge in [-0.15, -0.1) is 0 Å². The van der Waals surface area contributed by atoms with E-state index < -0.39 is 5.91 Å². The molecule has 0 saturated carbocycles. The van der Waals surface area contributed by atoms with E-state index in [0.29, 0.717) is 13.2 Å². The summed E-state index contributed by atoms with van der Waals surface area (Å²) in [7, 11) is 1.55. The smallest absolute Gasteiger partial charge is 0.263 e. The van der Waals surface area contributed by atoms with Gasteiger partial charge in [0, 0.05) is 25.5 Å². The fourth-order valence-corrected chi connectivity index (χ4v) is 1.40. The Morgan fingerprint density at radius 1 is 1.47 bits per heavy atom. The third-order valence-electron chi connectivity index (χ3n) is 2.47. The number of para-hydroxylation sites is 1. The number of ether oxygens (including phenoxy) is 1. The second kappa shape index (κ2) is 7.90. The Balaban J connectivity index is 2.65. The van der Waals surface area contributed by atoms with E-state index in [-0.39, 0.29) is 5.57 Å². The molecule has 0 unspecified atom stereocenters. The van der Waals surface area contributed by atoms with Gasteiger partial charge in [0.2, 0.25) is 0 Å². The Kier molecular flexibility index (Phi) is 6.13. The Hall–Kier alpha value is -2.32. The van der Waals surface area contributed by atoms with Gasteiger partial charge < -0.3 is 15.4 Å². The van der Waals surface area contributed by atoms with E-state index in [4.69, 9.17) is 10.00 Å². The van der Waals surface area contributed by atoms with Gasteiger partial charge in [-0.05, 0) is 18.6 Å². The number of carbonyl (C=O) groups excluding carboxylic acids is 1. The summed E-state index contributed by atoms with van der Waals surface area (Å²) in [4.78, 5) is 11.7. The molecule has 1 amide bonds. The summed E-state index contributed by atoms with van der Waals surface area (Å²) < 4.78 is 4.82. The third-order valence-corrected chi connectivity index (χ3v) is 2.47. The highest BCUT2D eigenvalue weighted by Gasteiger charge is 2.07. The van der Waals surface area contributed by atoms with Crippen molar-refractivity contribution in [2.75, 3.05) is 25.6 Å². The molecule has 0 aromatic heterocycles. The van der Waals surface area contributed by atoms with Crippen LogP contribution in [0.1, 0.15) is 5.56 Å². The second-order valence-corrected chi connectivity index (χ2v) is 3.88. The van der Waals surface area contributed by atoms with Crippen molar-refractivity contribution in [1.82, 2.24) is 5.32 Å². The molecule has 0 radical (unpaired) electrons. The van der Waals surface area contributed by atoms with Gasteiger partial charge in [0.1, 0.15) is 11.6 Å². The lowest BCUT2D eigenvalue weighted by Gasteiger charge is -2.06. The fraction of sp³-hybridized carbons (Fsp3) is 0.286. The Morgan fingerprint density at radius 2 is 2.21 bits per heavy atom. The third kappa shape index (κ3) is 4.82. The summed E-state index contributed by atoms with van der Waals surface area (Å²) in [5, 5.41) is 14.5. The number of nitrogens with one attached hydrogen (secondary N) is 2. The maximum absolute atomic E-state index is 11.7. The Morgan fingerprint density at radius 3 is 2.84 bits per heavy atom. The van der Waals surface area contributed by atoms with Crippen molar-refractivity contribution in [2.45, 2.75) is 6.92 Å². The highest BCUT2D eigenvalue weighted by Crippen LogP contribution is 2.13. The first-order valence-corrected chi connectivity index (χ1v) is 5.88. The number of nitrogens with zero attached hydrogens (tertiary/aromatic N) is 1. The van der Waals surface area contributed by atoms with Crippen LogP contribution in [-0.4, -0.2) is 26.2 Å². The van der Waals surface area contributed by atoms with Gasteiger partial charge in [0.25, 0.3) is 5.91 Å². The molecule has 0 atom stereocenters. The molecule has 100 valence electrons. The van der Waals surface area contributed by atoms with Crippen molar-refractivity contribution >= 4 is 11.6 Å². The molecule has 0 fully saturated rings. The van der Waals surface area contributed by atoms with Gasteiger partial charge >= 0.3 is 0 Å². The van der Waals surface area contributed by atoms with E-state index in [2.05, 4.69) is 10.6 Å². The van der Waals surface area contributed by atoms with Crippen LogP contribution in [0.25, 0.3) is 0 Å². The number of carbonyl (C=O) groups is 1. The summed E-state index contributed by atoms with van der Waals surface area (Å²) >= 11 is 0. The number of aryl methyl sites for hydroxylation is 1. The van der Waals surface area contributed by atoms with Crippen molar-refractivity contribution in [3.8, 4) is 6.07 Å². The minimum atomic E-state index is -0.416. The fourth-order valence-electron chi connectivity index (χ4n) is 1.40. The first-order valence-electron chi connectivity index (χ1n) is 5.88. The predicted molar refractivity (Wildman–Crippen MR) is 73.4 cm³/mol. The summed E-state index contributed by atoms with van der Waals surface area (Å²) in [6.07, 6.45) is 1.41. The van der Waals surface area contributed by atoms with Gasteiger partial charge in [0.05, 0.1) is 6.61 Å². The molecule has 0 aliphatic carbocycles. The summed E-state index contributed by atoms with van der Waals surface area (Å²) in [5.74, 6) is -0.416. The van der Waals surface area contributed by atoms with Crippen molar-refractivity contribution in [3.05, 3.63) is 41.6 Å². The monoisotopic (exact) mass is 259 g/mol. The zero-order valence-electron chi connectivity index (χ0n) is 11.1. The molecule has 0 aliphatic rings. The normalized spacial score (nSPS) is 10.7. The average Bonchev–Trinajstić information content (AvgIpc) is 2.41. The van der Waals surface area contributed by atoms with E-state index in [9.17, 15) is 4.79 Å². The molecular formula is C14H17N3O2. The zero-order chi connectivity index (χ0) is 14.1. The van der Waals surface area contributed by atoms with Crippen LogP contribution in [0.3, 0.4) is 0 Å². The van der Waals surface area contributed by atoms with Gasteiger partial charge in [-0.3, -0.25) is 4.79 Å². The highest BCUT2D eigenvalue weighted by atomic mass is 16.5. The van der Waals surface area contributed by atoms with Crippen LogP contribution in [0.5, 0.6) is 0 Å². The number of hydrogen-bond acceptors (Lipinski definition) is 4. The molecule has 0 spiro atoms. The van der Waals surface area contributed by atoms with E-state index in [1.807, 2.05) is 37.3 Å². The van der Waals surface area contributed by atoms with Crippen molar-refractivity contribution < 1.29 is 9.53 Å². The molecule has 0 heterocycles. The van der Waals surface area contributed by atoms with Crippen molar-refractivity contribution in [3.63, 3.8) is 0 Å². The summed E-state index contributed by atoms with van der Waals surface area (Å²) in [6.45, 7) is 2.73. The molecule has 1 aromatic rings. The lowest BCUT2D eigenvalue weighted by molar-refractivity contribution is -0.117. The van der Waals surface area contributed by atoms with Gasteiger partial charge in [0.15, 0.2) is 0 Å². The van der Waals surface area contributed by atoms with Crippen LogP contribution in [0.4, 0.5) is 5.69 Å². The quantitative estimate of drug-likeness (QED) is 0.462. The number of hydrogen-bond donors (Lipinski definition) is 2. The van der Waals surface area contributed by atoms with E-state index in [1.165, 1.54) is 6.20 Å². The molecule has 1 aromatic carbocycles. The van der Waals surface area contributed by atoms with Gasteiger partial charge in [-0.2, -0.15) is 5.26 Å².